The van der Waals surface area contributed by atoms with E-state index in [9.17, 15) is 0 Å². The van der Waals surface area contributed by atoms with Gasteiger partial charge in [0.1, 0.15) is 5.75 Å². The van der Waals surface area contributed by atoms with Crippen molar-refractivity contribution < 1.29 is 9.47 Å². The molecule has 2 N–H and O–H groups in total. The summed E-state index contributed by atoms with van der Waals surface area (Å²) in [7, 11) is 0. The maximum absolute atomic E-state index is 5.97. The van der Waals surface area contributed by atoms with Crippen LogP contribution in [0.5, 0.6) is 17.2 Å². The van der Waals surface area contributed by atoms with Crippen LogP contribution in [0.2, 0.25) is 0 Å². The molecule has 0 atom stereocenters. The molecule has 0 spiro atoms. The summed E-state index contributed by atoms with van der Waals surface area (Å²) in [4.78, 5) is 0. The van der Waals surface area contributed by atoms with E-state index in [1.807, 2.05) is 42.5 Å². The van der Waals surface area contributed by atoms with Crippen molar-refractivity contribution in [3.05, 3.63) is 52.5 Å². The standard InChI is InChI=1S/C17H20BrNO2/c1-2-11-20-16-5-3-4-6-17(16)21-15-8-7-13(9-10-19)12-14(15)18/h3-8,12H,2,9-11,19H2,1H3. The lowest BCUT2D eigenvalue weighted by Crippen LogP contribution is -2.02. The van der Waals surface area contributed by atoms with Gasteiger partial charge in [-0.05, 0) is 65.1 Å². The third kappa shape index (κ3) is 4.48. The van der Waals surface area contributed by atoms with E-state index in [0.29, 0.717) is 13.2 Å². The highest BCUT2D eigenvalue weighted by molar-refractivity contribution is 9.10. The fraction of sp³-hybridized carbons (Fsp3) is 0.294. The van der Waals surface area contributed by atoms with Crippen LogP contribution in [0.1, 0.15) is 18.9 Å². The van der Waals surface area contributed by atoms with E-state index in [1.165, 1.54) is 5.56 Å². The van der Waals surface area contributed by atoms with Gasteiger partial charge >= 0.3 is 0 Å². The Kier molecular flexibility index (Phi) is 6.08. The quantitative estimate of drug-likeness (QED) is 0.798. The molecule has 0 aliphatic carbocycles. The second-order valence-corrected chi connectivity index (χ2v) is 5.56. The Morgan fingerprint density at radius 3 is 2.48 bits per heavy atom. The molecule has 21 heavy (non-hydrogen) atoms. The predicted molar refractivity (Wildman–Crippen MR) is 89.2 cm³/mol. The minimum atomic E-state index is 0.639. The summed E-state index contributed by atoms with van der Waals surface area (Å²) in [5.41, 5.74) is 6.76. The molecule has 0 heterocycles. The van der Waals surface area contributed by atoms with Gasteiger partial charge in [0, 0.05) is 0 Å². The molecule has 3 nitrogen and oxygen atoms in total. The lowest BCUT2D eigenvalue weighted by atomic mass is 10.1. The summed E-state index contributed by atoms with van der Waals surface area (Å²) in [6.07, 6.45) is 1.82. The number of benzene rings is 2. The van der Waals surface area contributed by atoms with E-state index in [-0.39, 0.29) is 0 Å². The average molecular weight is 350 g/mol. The van der Waals surface area contributed by atoms with Gasteiger partial charge in [-0.25, -0.2) is 0 Å². The molecular formula is C17H20BrNO2. The molecular weight excluding hydrogens is 330 g/mol. The van der Waals surface area contributed by atoms with Crippen LogP contribution in [0.15, 0.2) is 46.9 Å². The molecule has 0 aromatic heterocycles. The number of rotatable bonds is 7. The van der Waals surface area contributed by atoms with Gasteiger partial charge in [0.15, 0.2) is 11.5 Å². The van der Waals surface area contributed by atoms with Crippen LogP contribution in [0.25, 0.3) is 0 Å². The van der Waals surface area contributed by atoms with Gasteiger partial charge < -0.3 is 15.2 Å². The number of para-hydroxylation sites is 2. The molecule has 0 fully saturated rings. The fourth-order valence-electron chi connectivity index (χ4n) is 1.93. The molecule has 2 aromatic carbocycles. The Labute approximate surface area is 134 Å². The number of halogens is 1. The molecule has 0 aliphatic heterocycles. The second kappa shape index (κ2) is 8.05. The van der Waals surface area contributed by atoms with Crippen LogP contribution in [-0.4, -0.2) is 13.2 Å². The molecule has 2 aromatic rings. The zero-order valence-corrected chi connectivity index (χ0v) is 13.7. The molecule has 0 radical (unpaired) electrons. The third-order valence-electron chi connectivity index (χ3n) is 2.96. The van der Waals surface area contributed by atoms with Crippen LogP contribution in [0.3, 0.4) is 0 Å². The Morgan fingerprint density at radius 2 is 1.81 bits per heavy atom. The number of hydrogen-bond acceptors (Lipinski definition) is 3. The first-order valence-corrected chi connectivity index (χ1v) is 7.92. The molecule has 112 valence electrons. The summed E-state index contributed by atoms with van der Waals surface area (Å²) in [5.74, 6) is 2.25. The smallest absolute Gasteiger partial charge is 0.169 e. The zero-order chi connectivity index (χ0) is 15.1. The molecule has 0 unspecified atom stereocenters. The number of ether oxygens (including phenoxy) is 2. The van der Waals surface area contributed by atoms with E-state index < -0.39 is 0 Å². The first kappa shape index (κ1) is 15.9. The highest BCUT2D eigenvalue weighted by Gasteiger charge is 2.08. The van der Waals surface area contributed by atoms with Crippen LogP contribution < -0.4 is 15.2 Å². The zero-order valence-electron chi connectivity index (χ0n) is 12.1. The van der Waals surface area contributed by atoms with Crippen molar-refractivity contribution in [2.45, 2.75) is 19.8 Å². The lowest BCUT2D eigenvalue weighted by molar-refractivity contribution is 0.302. The Morgan fingerprint density at radius 1 is 1.05 bits per heavy atom. The van der Waals surface area contributed by atoms with Gasteiger partial charge in [0.05, 0.1) is 11.1 Å². The third-order valence-corrected chi connectivity index (χ3v) is 3.58. The van der Waals surface area contributed by atoms with Gasteiger partial charge in [-0.1, -0.05) is 25.1 Å². The minimum Gasteiger partial charge on any atom is -0.490 e. The SMILES string of the molecule is CCCOc1ccccc1Oc1ccc(CCN)cc1Br. The van der Waals surface area contributed by atoms with Crippen molar-refractivity contribution in [2.75, 3.05) is 13.2 Å². The van der Waals surface area contributed by atoms with Gasteiger partial charge in [-0.15, -0.1) is 0 Å². The summed E-state index contributed by atoms with van der Waals surface area (Å²) in [6.45, 7) is 3.40. The van der Waals surface area contributed by atoms with Crippen molar-refractivity contribution in [3.63, 3.8) is 0 Å². The van der Waals surface area contributed by atoms with Gasteiger partial charge in [-0.3, -0.25) is 0 Å². The Balaban J connectivity index is 2.18. The first-order valence-electron chi connectivity index (χ1n) is 7.12. The molecule has 0 amide bonds. The molecule has 0 saturated carbocycles. The van der Waals surface area contributed by atoms with Crippen molar-refractivity contribution in [1.82, 2.24) is 0 Å². The molecule has 4 heteroatoms. The van der Waals surface area contributed by atoms with Crippen LogP contribution in [-0.2, 0) is 6.42 Å². The highest BCUT2D eigenvalue weighted by atomic mass is 79.9. The fourth-order valence-corrected chi connectivity index (χ4v) is 2.44. The van der Waals surface area contributed by atoms with E-state index >= 15 is 0 Å². The predicted octanol–water partition coefficient (Wildman–Crippen LogP) is 4.53. The number of hydrogen-bond donors (Lipinski definition) is 1. The van der Waals surface area contributed by atoms with E-state index in [0.717, 1.165) is 34.6 Å². The first-order chi connectivity index (χ1) is 10.2. The molecule has 0 aliphatic rings. The largest absolute Gasteiger partial charge is 0.490 e. The second-order valence-electron chi connectivity index (χ2n) is 4.70. The monoisotopic (exact) mass is 349 g/mol. The normalized spacial score (nSPS) is 10.4. The minimum absolute atomic E-state index is 0.639. The van der Waals surface area contributed by atoms with Crippen LogP contribution in [0.4, 0.5) is 0 Å². The highest BCUT2D eigenvalue weighted by Crippen LogP contribution is 2.35. The average Bonchev–Trinajstić information content (AvgIpc) is 2.49. The summed E-state index contributed by atoms with van der Waals surface area (Å²) in [6, 6.07) is 13.7. The molecule has 0 bridgehead atoms. The van der Waals surface area contributed by atoms with E-state index in [4.69, 9.17) is 15.2 Å². The van der Waals surface area contributed by atoms with E-state index in [2.05, 4.69) is 22.9 Å². The Hall–Kier alpha value is -1.52. The van der Waals surface area contributed by atoms with Gasteiger partial charge in [0.2, 0.25) is 0 Å². The van der Waals surface area contributed by atoms with Crippen molar-refractivity contribution in [2.24, 2.45) is 5.73 Å². The van der Waals surface area contributed by atoms with Gasteiger partial charge in [0.25, 0.3) is 0 Å². The number of nitrogens with two attached hydrogens (primary N) is 1. The van der Waals surface area contributed by atoms with Crippen LogP contribution in [0, 0.1) is 0 Å². The molecule has 2 rings (SSSR count). The summed E-state index contributed by atoms with van der Waals surface area (Å²) >= 11 is 3.55. The van der Waals surface area contributed by atoms with Crippen molar-refractivity contribution in [1.29, 1.82) is 0 Å². The van der Waals surface area contributed by atoms with Crippen molar-refractivity contribution in [3.8, 4) is 17.2 Å². The lowest BCUT2D eigenvalue weighted by Gasteiger charge is -2.13. The maximum atomic E-state index is 5.97. The Bertz CT molecular complexity index is 587. The topological polar surface area (TPSA) is 44.5 Å². The summed E-state index contributed by atoms with van der Waals surface area (Å²) < 4.78 is 12.6. The van der Waals surface area contributed by atoms with E-state index in [1.54, 1.807) is 0 Å². The van der Waals surface area contributed by atoms with Crippen LogP contribution >= 0.6 is 15.9 Å². The molecule has 0 saturated heterocycles. The summed E-state index contributed by atoms with van der Waals surface area (Å²) in [5, 5.41) is 0. The maximum Gasteiger partial charge on any atom is 0.169 e. The van der Waals surface area contributed by atoms with Gasteiger partial charge in [-0.2, -0.15) is 0 Å². The van der Waals surface area contributed by atoms with Crippen molar-refractivity contribution >= 4 is 15.9 Å².